The lowest BCUT2D eigenvalue weighted by Gasteiger charge is -2.24. The Morgan fingerprint density at radius 3 is 1.56 bits per heavy atom. The average molecular weight is 705 g/mol. The van der Waals surface area contributed by atoms with Crippen LogP contribution in [0.15, 0.2) is 12.2 Å². The minimum atomic E-state index is -4.36. The van der Waals surface area contributed by atoms with E-state index in [0.29, 0.717) is 23.9 Å². The van der Waals surface area contributed by atoms with Crippen LogP contribution in [0.1, 0.15) is 168 Å². The van der Waals surface area contributed by atoms with Crippen molar-refractivity contribution in [3.8, 4) is 0 Å². The van der Waals surface area contributed by atoms with E-state index in [4.69, 9.17) is 18.5 Å². The number of carbonyl (C=O) groups is 2. The predicted molar refractivity (Wildman–Crippen MR) is 197 cm³/mol. The molecule has 284 valence electrons. The van der Waals surface area contributed by atoms with Gasteiger partial charge >= 0.3 is 19.8 Å². The van der Waals surface area contributed by atoms with Crippen molar-refractivity contribution in [3.63, 3.8) is 0 Å². The Bertz CT molecular complexity index is 845. The van der Waals surface area contributed by atoms with Gasteiger partial charge in [-0.25, -0.2) is 4.57 Å². The fraction of sp³-hybridized carbons (Fsp3) is 0.895. The first-order valence-corrected chi connectivity index (χ1v) is 20.9. The lowest BCUT2D eigenvalue weighted by molar-refractivity contribution is -0.870. The Labute approximate surface area is 295 Å². The molecule has 0 rings (SSSR count). The summed E-state index contributed by atoms with van der Waals surface area (Å²) in [5.74, 6) is -0.804. The standard InChI is InChI=1S/C38H74NO8P/c1-6-8-10-12-14-15-16-17-18-19-20-21-22-23-25-26-28-30-37(40)44-34-36(35-46-48(42,43)45-33-32-39(3,4)5)47-38(41)31-29-27-24-13-11-9-7-2/h15-16,36H,6-14,17-35H2,1-5H3/p+1/b16-15+/t36-/m0/s1. The van der Waals surface area contributed by atoms with Gasteiger partial charge in [-0.05, 0) is 38.5 Å². The van der Waals surface area contributed by atoms with Gasteiger partial charge in [0, 0.05) is 12.8 Å². The van der Waals surface area contributed by atoms with Gasteiger partial charge in [-0.3, -0.25) is 18.6 Å². The molecular weight excluding hydrogens is 629 g/mol. The van der Waals surface area contributed by atoms with Crippen molar-refractivity contribution in [3.05, 3.63) is 12.2 Å². The summed E-state index contributed by atoms with van der Waals surface area (Å²) in [6.07, 6.45) is 29.9. The second-order valence-corrected chi connectivity index (χ2v) is 15.8. The number of hydrogen-bond donors (Lipinski definition) is 1. The molecule has 1 unspecified atom stereocenters. The van der Waals surface area contributed by atoms with Crippen molar-refractivity contribution < 1.29 is 42.1 Å². The second-order valence-electron chi connectivity index (χ2n) is 14.3. The van der Waals surface area contributed by atoms with Crippen molar-refractivity contribution in [1.82, 2.24) is 0 Å². The minimum Gasteiger partial charge on any atom is -0.462 e. The number of carbonyl (C=O) groups excluding carboxylic acids is 2. The molecule has 0 heterocycles. The molecule has 0 aliphatic carbocycles. The van der Waals surface area contributed by atoms with E-state index in [1.165, 1.54) is 96.3 Å². The normalized spacial score (nSPS) is 13.9. The van der Waals surface area contributed by atoms with Gasteiger partial charge in [0.25, 0.3) is 0 Å². The van der Waals surface area contributed by atoms with Crippen LogP contribution in [0, 0.1) is 0 Å². The molecule has 0 fully saturated rings. The number of esters is 2. The van der Waals surface area contributed by atoms with Crippen LogP contribution in [0.5, 0.6) is 0 Å². The SMILES string of the molecule is CCCCCC/C=C/CCCCCCCCCCCC(=O)OC[C@@H](COP(=O)(O)OCC[N+](C)(C)C)OC(=O)CCCCCCCCC. The first-order chi connectivity index (χ1) is 23.0. The highest BCUT2D eigenvalue weighted by Gasteiger charge is 2.27. The lowest BCUT2D eigenvalue weighted by Crippen LogP contribution is -2.37. The fourth-order valence-electron chi connectivity index (χ4n) is 5.18. The van der Waals surface area contributed by atoms with Crippen molar-refractivity contribution in [2.75, 3.05) is 47.5 Å². The van der Waals surface area contributed by atoms with E-state index in [1.54, 1.807) is 0 Å². The van der Waals surface area contributed by atoms with E-state index in [2.05, 4.69) is 26.0 Å². The molecule has 0 aromatic carbocycles. The third kappa shape index (κ3) is 34.6. The van der Waals surface area contributed by atoms with Gasteiger partial charge in [0.15, 0.2) is 6.10 Å². The Morgan fingerprint density at radius 1 is 0.625 bits per heavy atom. The number of rotatable bonds is 35. The van der Waals surface area contributed by atoms with Gasteiger partial charge < -0.3 is 18.9 Å². The first-order valence-electron chi connectivity index (χ1n) is 19.4. The van der Waals surface area contributed by atoms with Crippen LogP contribution in [-0.4, -0.2) is 74.9 Å². The van der Waals surface area contributed by atoms with E-state index >= 15 is 0 Å². The molecule has 0 radical (unpaired) electrons. The molecule has 0 amide bonds. The van der Waals surface area contributed by atoms with Crippen LogP contribution >= 0.6 is 7.82 Å². The van der Waals surface area contributed by atoms with E-state index < -0.39 is 26.5 Å². The highest BCUT2D eigenvalue weighted by atomic mass is 31.2. The average Bonchev–Trinajstić information content (AvgIpc) is 3.02. The van der Waals surface area contributed by atoms with Crippen molar-refractivity contribution in [2.24, 2.45) is 0 Å². The van der Waals surface area contributed by atoms with Crippen molar-refractivity contribution in [1.29, 1.82) is 0 Å². The van der Waals surface area contributed by atoms with E-state index in [-0.39, 0.29) is 25.6 Å². The summed E-state index contributed by atoms with van der Waals surface area (Å²) < 4.78 is 34.0. The van der Waals surface area contributed by atoms with Crippen LogP contribution in [0.2, 0.25) is 0 Å². The fourth-order valence-corrected chi connectivity index (χ4v) is 5.93. The highest BCUT2D eigenvalue weighted by Crippen LogP contribution is 2.43. The molecule has 0 bridgehead atoms. The number of nitrogens with zero attached hydrogens (tertiary/aromatic N) is 1. The van der Waals surface area contributed by atoms with Gasteiger partial charge in [-0.15, -0.1) is 0 Å². The predicted octanol–water partition coefficient (Wildman–Crippen LogP) is 10.2. The molecule has 0 saturated carbocycles. The monoisotopic (exact) mass is 705 g/mol. The van der Waals surface area contributed by atoms with Crippen LogP contribution in [0.4, 0.5) is 0 Å². The zero-order chi connectivity index (χ0) is 35.8. The van der Waals surface area contributed by atoms with Gasteiger partial charge in [-0.2, -0.15) is 0 Å². The van der Waals surface area contributed by atoms with E-state index in [1.807, 2.05) is 21.1 Å². The number of ether oxygens (including phenoxy) is 2. The van der Waals surface area contributed by atoms with Gasteiger partial charge in [0.1, 0.15) is 19.8 Å². The maximum atomic E-state index is 12.5. The zero-order valence-corrected chi connectivity index (χ0v) is 32.6. The summed E-state index contributed by atoms with van der Waals surface area (Å²) in [7, 11) is 1.48. The molecule has 10 heteroatoms. The van der Waals surface area contributed by atoms with Crippen LogP contribution in [0.25, 0.3) is 0 Å². The molecule has 48 heavy (non-hydrogen) atoms. The second kappa shape index (κ2) is 31.7. The Kier molecular flexibility index (Phi) is 30.9. The third-order valence-corrected chi connectivity index (χ3v) is 9.28. The lowest BCUT2D eigenvalue weighted by atomic mass is 10.1. The molecule has 0 saturated heterocycles. The zero-order valence-electron chi connectivity index (χ0n) is 31.7. The Balaban J connectivity index is 4.28. The Morgan fingerprint density at radius 2 is 1.06 bits per heavy atom. The summed E-state index contributed by atoms with van der Waals surface area (Å²) in [6, 6.07) is 0. The molecule has 0 spiro atoms. The maximum absolute atomic E-state index is 12.5. The summed E-state index contributed by atoms with van der Waals surface area (Å²) in [5, 5.41) is 0. The minimum absolute atomic E-state index is 0.0339. The number of likely N-dealkylation sites (N-methyl/N-ethyl adjacent to an activating group) is 1. The summed E-state index contributed by atoms with van der Waals surface area (Å²) in [5.41, 5.74) is 0. The molecule has 1 N–H and O–H groups in total. The van der Waals surface area contributed by atoms with Gasteiger partial charge in [0.05, 0.1) is 27.7 Å². The largest absolute Gasteiger partial charge is 0.472 e. The van der Waals surface area contributed by atoms with Gasteiger partial charge in [-0.1, -0.05) is 129 Å². The molecule has 0 aromatic rings. The molecule has 2 atom stereocenters. The number of unbranched alkanes of at least 4 members (excludes halogenated alkanes) is 19. The maximum Gasteiger partial charge on any atom is 0.472 e. The Hall–Kier alpha value is -1.25. The van der Waals surface area contributed by atoms with Gasteiger partial charge in [0.2, 0.25) is 0 Å². The molecule has 0 aliphatic heterocycles. The number of allylic oxidation sites excluding steroid dienone is 2. The third-order valence-electron chi connectivity index (χ3n) is 8.30. The summed E-state index contributed by atoms with van der Waals surface area (Å²) in [6.45, 7) is 4.35. The molecule has 9 nitrogen and oxygen atoms in total. The highest BCUT2D eigenvalue weighted by molar-refractivity contribution is 7.47. The van der Waals surface area contributed by atoms with Crippen LogP contribution < -0.4 is 0 Å². The molecule has 0 aliphatic rings. The number of hydrogen-bond acceptors (Lipinski definition) is 7. The van der Waals surface area contributed by atoms with Crippen LogP contribution in [-0.2, 0) is 32.7 Å². The first kappa shape index (κ1) is 46.8. The topological polar surface area (TPSA) is 108 Å². The molecular formula is C38H75NO8P+. The van der Waals surface area contributed by atoms with E-state index in [9.17, 15) is 19.0 Å². The quantitative estimate of drug-likeness (QED) is 0.0228. The van der Waals surface area contributed by atoms with Crippen LogP contribution in [0.3, 0.4) is 0 Å². The van der Waals surface area contributed by atoms with Crippen molar-refractivity contribution >= 4 is 19.8 Å². The number of phosphoric acid groups is 1. The summed E-state index contributed by atoms with van der Waals surface area (Å²) in [4.78, 5) is 35.0. The van der Waals surface area contributed by atoms with E-state index in [0.717, 1.165) is 38.5 Å². The molecule has 0 aromatic heterocycles. The number of quaternary nitrogens is 1. The number of phosphoric ester groups is 1. The smallest absolute Gasteiger partial charge is 0.462 e. The summed E-state index contributed by atoms with van der Waals surface area (Å²) >= 11 is 0. The van der Waals surface area contributed by atoms with Crippen molar-refractivity contribution in [2.45, 2.75) is 174 Å².